The summed E-state index contributed by atoms with van der Waals surface area (Å²) in [5, 5.41) is 3.06. The van der Waals surface area contributed by atoms with Crippen LogP contribution in [-0.4, -0.2) is 31.7 Å². The van der Waals surface area contributed by atoms with Gasteiger partial charge in [0.05, 0.1) is 17.2 Å². The average Bonchev–Trinajstić information content (AvgIpc) is 2.68. The molecular weight excluding hydrogens is 370 g/mol. The van der Waals surface area contributed by atoms with Crippen molar-refractivity contribution in [3.63, 3.8) is 0 Å². The lowest BCUT2D eigenvalue weighted by Crippen LogP contribution is -2.16. The van der Waals surface area contributed by atoms with Crippen LogP contribution in [0.4, 0.5) is 5.69 Å². The van der Waals surface area contributed by atoms with Crippen LogP contribution in [0.15, 0.2) is 36.4 Å². The molecule has 0 atom stereocenters. The Morgan fingerprint density at radius 1 is 1.11 bits per heavy atom. The number of nitrogens with one attached hydrogen (secondary N) is 1. The van der Waals surface area contributed by atoms with E-state index in [2.05, 4.69) is 5.32 Å². The number of hydrogen-bond donors (Lipinski definition) is 1. The van der Waals surface area contributed by atoms with Gasteiger partial charge in [-0.2, -0.15) is 0 Å². The maximum atomic E-state index is 12.3. The van der Waals surface area contributed by atoms with E-state index in [4.69, 9.17) is 25.8 Å². The number of fused-ring (bicyclic) bond motifs is 1. The molecule has 0 spiro atoms. The third-order valence-corrected chi connectivity index (χ3v) is 4.32. The van der Waals surface area contributed by atoms with Crippen molar-refractivity contribution in [3.05, 3.63) is 52.5 Å². The summed E-state index contributed by atoms with van der Waals surface area (Å²) in [7, 11) is 0. The smallest absolute Gasteiger partial charge is 0.339 e. The zero-order valence-corrected chi connectivity index (χ0v) is 15.7. The van der Waals surface area contributed by atoms with Crippen LogP contribution in [0.5, 0.6) is 11.5 Å². The van der Waals surface area contributed by atoms with E-state index in [1.165, 1.54) is 6.07 Å². The molecule has 1 amide bonds. The Morgan fingerprint density at radius 3 is 2.67 bits per heavy atom. The lowest BCUT2D eigenvalue weighted by molar-refractivity contribution is -0.116. The number of esters is 1. The summed E-state index contributed by atoms with van der Waals surface area (Å²) in [6.45, 7) is 3.04. The normalized spacial score (nSPS) is 12.4. The molecule has 1 heterocycles. The van der Waals surface area contributed by atoms with Gasteiger partial charge in [-0.3, -0.25) is 4.79 Å². The molecule has 0 radical (unpaired) electrons. The van der Waals surface area contributed by atoms with E-state index in [-0.39, 0.29) is 29.5 Å². The van der Waals surface area contributed by atoms with E-state index < -0.39 is 5.97 Å². The maximum Gasteiger partial charge on any atom is 0.339 e. The van der Waals surface area contributed by atoms with Crippen molar-refractivity contribution in [1.82, 2.24) is 0 Å². The van der Waals surface area contributed by atoms with Crippen molar-refractivity contribution in [1.29, 1.82) is 0 Å². The number of hydrogen-bond acceptors (Lipinski definition) is 5. The van der Waals surface area contributed by atoms with Gasteiger partial charge in [0.15, 0.2) is 11.5 Å². The standard InChI is InChI=1S/C20H20ClNO5/c1-2-25-20(24)15-12-14(5-6-16(15)21)22-19(23)8-4-13-3-7-17-18(11-13)27-10-9-26-17/h3,5-7,11-12H,2,4,8-10H2,1H3,(H,22,23). The number of amides is 1. The number of benzene rings is 2. The van der Waals surface area contributed by atoms with Crippen LogP contribution in [0.1, 0.15) is 29.3 Å². The number of carbonyl (C=O) groups is 2. The van der Waals surface area contributed by atoms with Crippen LogP contribution in [0, 0.1) is 0 Å². The van der Waals surface area contributed by atoms with Gasteiger partial charge < -0.3 is 19.5 Å². The van der Waals surface area contributed by atoms with Crippen molar-refractivity contribution in [2.24, 2.45) is 0 Å². The molecule has 0 saturated heterocycles. The summed E-state index contributed by atoms with van der Waals surface area (Å²) < 4.78 is 16.0. The van der Waals surface area contributed by atoms with E-state index in [9.17, 15) is 9.59 Å². The SMILES string of the molecule is CCOC(=O)c1cc(NC(=O)CCc2ccc3c(c2)OCCO3)ccc1Cl. The minimum atomic E-state index is -0.519. The fourth-order valence-electron chi connectivity index (χ4n) is 2.69. The molecule has 0 aliphatic carbocycles. The largest absolute Gasteiger partial charge is 0.486 e. The van der Waals surface area contributed by atoms with E-state index in [1.54, 1.807) is 19.1 Å². The van der Waals surface area contributed by atoms with E-state index >= 15 is 0 Å². The number of rotatable bonds is 6. The quantitative estimate of drug-likeness (QED) is 0.759. The Morgan fingerprint density at radius 2 is 1.89 bits per heavy atom. The minimum Gasteiger partial charge on any atom is -0.486 e. The lowest BCUT2D eigenvalue weighted by Gasteiger charge is -2.18. The number of anilines is 1. The third-order valence-electron chi connectivity index (χ3n) is 3.99. The molecule has 2 aromatic carbocycles. The lowest BCUT2D eigenvalue weighted by atomic mass is 10.1. The van der Waals surface area contributed by atoms with E-state index in [0.717, 1.165) is 11.3 Å². The van der Waals surface area contributed by atoms with Crippen LogP contribution in [0.2, 0.25) is 5.02 Å². The minimum absolute atomic E-state index is 0.165. The van der Waals surface area contributed by atoms with E-state index in [1.807, 2.05) is 18.2 Å². The van der Waals surface area contributed by atoms with Crippen molar-refractivity contribution < 1.29 is 23.8 Å². The first-order valence-electron chi connectivity index (χ1n) is 8.72. The van der Waals surface area contributed by atoms with Crippen LogP contribution in [0.3, 0.4) is 0 Å². The van der Waals surface area contributed by atoms with E-state index in [0.29, 0.717) is 31.1 Å². The molecule has 2 aromatic rings. The van der Waals surface area contributed by atoms with Crippen molar-refractivity contribution in [2.45, 2.75) is 19.8 Å². The van der Waals surface area contributed by atoms with Gasteiger partial charge in [-0.1, -0.05) is 17.7 Å². The fraction of sp³-hybridized carbons (Fsp3) is 0.300. The fourth-order valence-corrected chi connectivity index (χ4v) is 2.89. The Labute approximate surface area is 162 Å². The molecule has 0 fully saturated rings. The van der Waals surface area contributed by atoms with Crippen LogP contribution in [0.25, 0.3) is 0 Å². The van der Waals surface area contributed by atoms with Crippen LogP contribution < -0.4 is 14.8 Å². The molecule has 27 heavy (non-hydrogen) atoms. The molecule has 0 aromatic heterocycles. The van der Waals surface area contributed by atoms with Gasteiger partial charge in [-0.05, 0) is 49.2 Å². The summed E-state index contributed by atoms with van der Waals surface area (Å²) in [6.07, 6.45) is 0.845. The third kappa shape index (κ3) is 4.92. The predicted molar refractivity (Wildman–Crippen MR) is 102 cm³/mol. The van der Waals surface area contributed by atoms with Crippen molar-refractivity contribution in [2.75, 3.05) is 25.1 Å². The summed E-state index contributed by atoms with van der Waals surface area (Å²) >= 11 is 6.03. The zero-order valence-electron chi connectivity index (χ0n) is 14.9. The highest BCUT2D eigenvalue weighted by Crippen LogP contribution is 2.31. The first kappa shape index (κ1) is 19.0. The Hall–Kier alpha value is -2.73. The Bertz CT molecular complexity index is 852. The summed E-state index contributed by atoms with van der Waals surface area (Å²) in [5.74, 6) is 0.745. The highest BCUT2D eigenvalue weighted by molar-refractivity contribution is 6.33. The molecule has 3 rings (SSSR count). The average molecular weight is 390 g/mol. The van der Waals surface area contributed by atoms with Crippen molar-refractivity contribution in [3.8, 4) is 11.5 Å². The number of ether oxygens (including phenoxy) is 3. The molecule has 0 unspecified atom stereocenters. The first-order chi connectivity index (χ1) is 13.1. The topological polar surface area (TPSA) is 73.9 Å². The maximum absolute atomic E-state index is 12.3. The van der Waals surface area contributed by atoms with Crippen LogP contribution in [-0.2, 0) is 16.0 Å². The highest BCUT2D eigenvalue weighted by atomic mass is 35.5. The molecule has 6 nitrogen and oxygen atoms in total. The van der Waals surface area contributed by atoms with Gasteiger partial charge in [0.2, 0.25) is 5.91 Å². The zero-order chi connectivity index (χ0) is 19.2. The molecule has 142 valence electrons. The highest BCUT2D eigenvalue weighted by Gasteiger charge is 2.14. The number of halogens is 1. The Kier molecular flexibility index (Phi) is 6.19. The molecular formula is C20H20ClNO5. The second-order valence-corrected chi connectivity index (χ2v) is 6.35. The van der Waals surface area contributed by atoms with Crippen LogP contribution >= 0.6 is 11.6 Å². The van der Waals surface area contributed by atoms with Gasteiger partial charge in [0.1, 0.15) is 13.2 Å². The first-order valence-corrected chi connectivity index (χ1v) is 9.09. The summed E-state index contributed by atoms with van der Waals surface area (Å²) in [6, 6.07) is 10.4. The second kappa shape index (κ2) is 8.77. The molecule has 1 aliphatic rings. The molecule has 1 aliphatic heterocycles. The van der Waals surface area contributed by atoms with Gasteiger partial charge in [-0.25, -0.2) is 4.79 Å². The summed E-state index contributed by atoms with van der Waals surface area (Å²) in [5.41, 5.74) is 1.70. The van der Waals surface area contributed by atoms with Crippen molar-refractivity contribution >= 4 is 29.2 Å². The molecule has 7 heteroatoms. The predicted octanol–water partition coefficient (Wildman–Crippen LogP) is 3.86. The number of aryl methyl sites for hydroxylation is 1. The Balaban J connectivity index is 1.59. The van der Waals surface area contributed by atoms with Gasteiger partial charge in [-0.15, -0.1) is 0 Å². The van der Waals surface area contributed by atoms with Gasteiger partial charge >= 0.3 is 5.97 Å². The molecule has 0 saturated carbocycles. The molecule has 0 bridgehead atoms. The monoisotopic (exact) mass is 389 g/mol. The van der Waals surface area contributed by atoms with Gasteiger partial charge in [0, 0.05) is 12.1 Å². The summed E-state index contributed by atoms with van der Waals surface area (Å²) in [4.78, 5) is 24.1. The molecule has 1 N–H and O–H groups in total. The number of carbonyl (C=O) groups excluding carboxylic acids is 2. The second-order valence-electron chi connectivity index (χ2n) is 5.94. The van der Waals surface area contributed by atoms with Gasteiger partial charge in [0.25, 0.3) is 0 Å².